The van der Waals surface area contributed by atoms with E-state index in [1.54, 1.807) is 0 Å². The average molecular weight is 497 g/mol. The van der Waals surface area contributed by atoms with Crippen LogP contribution in [0.4, 0.5) is 0 Å². The summed E-state index contributed by atoms with van der Waals surface area (Å²) in [6.45, 7) is 7.18. The average Bonchev–Trinajstić information content (AvgIpc) is 2.84. The van der Waals surface area contributed by atoms with Gasteiger partial charge in [0.1, 0.15) is 12.3 Å². The molecule has 0 radical (unpaired) electrons. The zero-order valence-electron chi connectivity index (χ0n) is 23.5. The lowest BCUT2D eigenvalue weighted by atomic mass is 10.0. The minimum Gasteiger partial charge on any atom is -0.455 e. The quantitative estimate of drug-likeness (QED) is 0.0905. The van der Waals surface area contributed by atoms with Crippen molar-refractivity contribution in [1.29, 1.82) is 0 Å². The first kappa shape index (κ1) is 29.9. The van der Waals surface area contributed by atoms with E-state index in [9.17, 15) is 4.79 Å². The monoisotopic (exact) mass is 496 g/mol. The van der Waals surface area contributed by atoms with Gasteiger partial charge in [0, 0.05) is 18.4 Å². The minimum atomic E-state index is -0.568. The number of aryl methyl sites for hydroxylation is 1. The van der Waals surface area contributed by atoms with E-state index < -0.39 is 6.29 Å². The van der Waals surface area contributed by atoms with Crippen molar-refractivity contribution < 1.29 is 18.8 Å². The van der Waals surface area contributed by atoms with Crippen LogP contribution in [0.3, 0.4) is 0 Å². The lowest BCUT2D eigenvalue weighted by Gasteiger charge is -2.36. The Morgan fingerprint density at radius 3 is 2.14 bits per heavy atom. The van der Waals surface area contributed by atoms with Crippen molar-refractivity contribution in [2.24, 2.45) is 0 Å². The third kappa shape index (κ3) is 10.7. The van der Waals surface area contributed by atoms with Crippen LogP contribution in [0.2, 0.25) is 0 Å². The van der Waals surface area contributed by atoms with Gasteiger partial charge in [-0.2, -0.15) is 0 Å². The molecule has 2 atom stereocenters. The zero-order chi connectivity index (χ0) is 26.2. The molecule has 2 aromatic rings. The Labute approximate surface area is 220 Å². The summed E-state index contributed by atoms with van der Waals surface area (Å²) in [5.41, 5.74) is 2.50. The molecule has 2 rings (SSSR count). The molecule has 2 unspecified atom stereocenters. The molecule has 0 aliphatic heterocycles. The molecule has 4 heteroatoms. The zero-order valence-corrected chi connectivity index (χ0v) is 23.5. The highest BCUT2D eigenvalue weighted by molar-refractivity contribution is 5.74. The molecule has 4 nitrogen and oxygen atoms in total. The van der Waals surface area contributed by atoms with Gasteiger partial charge in [-0.1, -0.05) is 102 Å². The van der Waals surface area contributed by atoms with E-state index in [1.807, 2.05) is 30.3 Å². The predicted octanol–water partition coefficient (Wildman–Crippen LogP) is 8.08. The number of hydrogen-bond acceptors (Lipinski definition) is 3. The Morgan fingerprint density at radius 2 is 1.47 bits per heavy atom. The van der Waals surface area contributed by atoms with Gasteiger partial charge in [0.25, 0.3) is 0 Å². The second-order valence-corrected chi connectivity index (χ2v) is 10.6. The molecule has 0 aromatic heterocycles. The van der Waals surface area contributed by atoms with Crippen LogP contribution in [0, 0.1) is 0 Å². The van der Waals surface area contributed by atoms with Gasteiger partial charge in [0.2, 0.25) is 6.29 Å². The third-order valence-electron chi connectivity index (χ3n) is 6.94. The molecule has 0 spiro atoms. The molecule has 36 heavy (non-hydrogen) atoms. The van der Waals surface area contributed by atoms with Crippen LogP contribution in [0.5, 0.6) is 5.75 Å². The molecule has 0 amide bonds. The summed E-state index contributed by atoms with van der Waals surface area (Å²) in [5, 5.41) is 0. The van der Waals surface area contributed by atoms with Crippen LogP contribution in [0.25, 0.3) is 0 Å². The Kier molecular flexibility index (Phi) is 13.6. The van der Waals surface area contributed by atoms with E-state index in [0.29, 0.717) is 17.3 Å². The maximum Gasteiger partial charge on any atom is 0.368 e. The van der Waals surface area contributed by atoms with Crippen LogP contribution in [-0.2, 0) is 22.5 Å². The van der Waals surface area contributed by atoms with Gasteiger partial charge in [-0.25, -0.2) is 4.79 Å². The fraction of sp³-hybridized carbons (Fsp3) is 0.594. The predicted molar refractivity (Wildman–Crippen MR) is 150 cm³/mol. The number of carbonyl (C=O) groups is 1. The molecule has 0 heterocycles. The molecule has 0 N–H and O–H groups in total. The maximum atomic E-state index is 13.3. The largest absolute Gasteiger partial charge is 0.455 e. The molecule has 0 saturated carbocycles. The number of quaternary nitrogens is 1. The second-order valence-electron chi connectivity index (χ2n) is 10.6. The van der Waals surface area contributed by atoms with Gasteiger partial charge in [0.05, 0.1) is 14.1 Å². The summed E-state index contributed by atoms with van der Waals surface area (Å²) in [4.78, 5) is 13.3. The SMILES string of the molecule is CCCCCCCCCc1cccc(OC(CCC)OC(=O)C(CC)[N+](C)(C)Cc2ccccc2)c1. The van der Waals surface area contributed by atoms with E-state index in [0.717, 1.165) is 25.1 Å². The van der Waals surface area contributed by atoms with Crippen LogP contribution in [0.1, 0.15) is 96.1 Å². The van der Waals surface area contributed by atoms with Crippen molar-refractivity contribution in [2.45, 2.75) is 110 Å². The van der Waals surface area contributed by atoms with Gasteiger partial charge in [-0.15, -0.1) is 0 Å². The van der Waals surface area contributed by atoms with E-state index >= 15 is 0 Å². The normalized spacial score (nSPS) is 13.2. The highest BCUT2D eigenvalue weighted by Crippen LogP contribution is 2.22. The molecule has 0 aliphatic rings. The lowest BCUT2D eigenvalue weighted by Crippen LogP contribution is -2.53. The molecule has 0 bridgehead atoms. The number of nitrogens with zero attached hydrogens (tertiary/aromatic N) is 1. The number of likely N-dealkylation sites (N-methyl/N-ethyl adjacent to an activating group) is 1. The number of esters is 1. The fourth-order valence-corrected chi connectivity index (χ4v) is 4.91. The summed E-state index contributed by atoms with van der Waals surface area (Å²) in [6, 6.07) is 18.4. The van der Waals surface area contributed by atoms with Crippen molar-refractivity contribution >= 4 is 5.97 Å². The molecular weight excluding hydrogens is 446 g/mol. The van der Waals surface area contributed by atoms with Gasteiger partial charge in [0.15, 0.2) is 6.04 Å². The molecule has 0 saturated heterocycles. The summed E-state index contributed by atoms with van der Waals surface area (Å²) < 4.78 is 12.7. The second kappa shape index (κ2) is 16.4. The first-order valence-corrected chi connectivity index (χ1v) is 14.2. The number of rotatable bonds is 18. The molecule has 2 aromatic carbocycles. The van der Waals surface area contributed by atoms with Crippen molar-refractivity contribution in [3.8, 4) is 5.75 Å². The number of unbranched alkanes of at least 4 members (excludes halogenated alkanes) is 6. The number of ether oxygens (including phenoxy) is 2. The highest BCUT2D eigenvalue weighted by Gasteiger charge is 2.36. The minimum absolute atomic E-state index is 0.184. The van der Waals surface area contributed by atoms with E-state index in [4.69, 9.17) is 9.47 Å². The molecule has 0 aliphatic carbocycles. The maximum absolute atomic E-state index is 13.3. The van der Waals surface area contributed by atoms with Gasteiger partial charge >= 0.3 is 5.97 Å². The van der Waals surface area contributed by atoms with Crippen molar-refractivity contribution in [1.82, 2.24) is 0 Å². The Bertz CT molecular complexity index is 865. The number of hydrogen-bond donors (Lipinski definition) is 0. The lowest BCUT2D eigenvalue weighted by molar-refractivity contribution is -0.919. The van der Waals surface area contributed by atoms with Crippen molar-refractivity contribution in [2.75, 3.05) is 14.1 Å². The van der Waals surface area contributed by atoms with Gasteiger partial charge < -0.3 is 14.0 Å². The molecule has 200 valence electrons. The van der Waals surface area contributed by atoms with E-state index in [-0.39, 0.29) is 12.0 Å². The van der Waals surface area contributed by atoms with Crippen LogP contribution >= 0.6 is 0 Å². The Balaban J connectivity index is 1.94. The summed E-state index contributed by atoms with van der Waals surface area (Å²) in [6.07, 6.45) is 11.9. The summed E-state index contributed by atoms with van der Waals surface area (Å²) >= 11 is 0. The summed E-state index contributed by atoms with van der Waals surface area (Å²) in [7, 11) is 4.21. The smallest absolute Gasteiger partial charge is 0.368 e. The van der Waals surface area contributed by atoms with Gasteiger partial charge in [-0.3, -0.25) is 0 Å². The van der Waals surface area contributed by atoms with E-state index in [1.165, 1.54) is 56.1 Å². The number of carbonyl (C=O) groups excluding carboxylic acids is 1. The first-order valence-electron chi connectivity index (χ1n) is 14.2. The molecular formula is C32H50NO3+. The van der Waals surface area contributed by atoms with Crippen LogP contribution < -0.4 is 4.74 Å². The Hall–Kier alpha value is -2.33. The third-order valence-corrected chi connectivity index (χ3v) is 6.94. The van der Waals surface area contributed by atoms with Crippen molar-refractivity contribution in [3.05, 3.63) is 65.7 Å². The topological polar surface area (TPSA) is 35.5 Å². The highest BCUT2D eigenvalue weighted by atomic mass is 16.7. The standard InChI is InChI=1S/C32H50NO3/c1-6-9-10-11-12-13-15-20-27-23-18-24-29(25-27)35-31(19-7-2)36-32(34)30(8-3)33(4,5)26-28-21-16-14-17-22-28/h14,16-18,21-25,30-31H,6-13,15,19-20,26H2,1-5H3/q+1. The van der Waals surface area contributed by atoms with Crippen molar-refractivity contribution in [3.63, 3.8) is 0 Å². The fourth-order valence-electron chi connectivity index (χ4n) is 4.91. The van der Waals surface area contributed by atoms with E-state index in [2.05, 4.69) is 59.1 Å². The Morgan fingerprint density at radius 1 is 0.806 bits per heavy atom. The number of benzene rings is 2. The summed E-state index contributed by atoms with van der Waals surface area (Å²) in [5.74, 6) is 0.601. The van der Waals surface area contributed by atoms with Gasteiger partial charge in [-0.05, 0) is 37.0 Å². The molecule has 0 fully saturated rings. The first-order chi connectivity index (χ1) is 17.4. The van der Waals surface area contributed by atoms with Crippen LogP contribution in [0.15, 0.2) is 54.6 Å². The van der Waals surface area contributed by atoms with Crippen LogP contribution in [-0.4, -0.2) is 36.9 Å².